The largest absolute Gasteiger partial charge is 0.466 e. The average Bonchev–Trinajstić information content (AvgIpc) is 2.42. The molecule has 1 aliphatic heterocycles. The van der Waals surface area contributed by atoms with Crippen LogP contribution in [0, 0.1) is 5.92 Å². The summed E-state index contributed by atoms with van der Waals surface area (Å²) in [7, 11) is 0. The number of carbonyl (C=O) groups excluding carboxylic acids is 1. The first-order chi connectivity index (χ1) is 9.19. The van der Waals surface area contributed by atoms with Crippen LogP contribution in [-0.2, 0) is 16.1 Å². The molecule has 0 saturated carbocycles. The van der Waals surface area contributed by atoms with Gasteiger partial charge in [0.05, 0.1) is 12.5 Å². The number of carbonyl (C=O) groups is 1. The smallest absolute Gasteiger partial charge is 0.309 e. The van der Waals surface area contributed by atoms with E-state index >= 15 is 0 Å². The van der Waals surface area contributed by atoms with Crippen molar-refractivity contribution in [2.24, 2.45) is 5.92 Å². The molecular formula is C15H20ClNO2. The monoisotopic (exact) mass is 281 g/mol. The van der Waals surface area contributed by atoms with Crippen molar-refractivity contribution in [3.8, 4) is 0 Å². The molecule has 0 spiro atoms. The standard InChI is InChI=1S/C15H20ClNO2/c1-2-19-15(18)13-7-9-17(10-8-13)11-12-3-5-14(16)6-4-12/h3-6,13H,2,7-11H2,1H3. The number of ether oxygens (including phenoxy) is 1. The Morgan fingerprint density at radius 2 is 1.95 bits per heavy atom. The average molecular weight is 282 g/mol. The van der Waals surface area contributed by atoms with Crippen molar-refractivity contribution in [3.63, 3.8) is 0 Å². The van der Waals surface area contributed by atoms with Gasteiger partial charge in [0.25, 0.3) is 0 Å². The fourth-order valence-electron chi connectivity index (χ4n) is 2.43. The van der Waals surface area contributed by atoms with E-state index in [-0.39, 0.29) is 11.9 Å². The molecule has 0 N–H and O–H groups in total. The normalized spacial score (nSPS) is 17.4. The summed E-state index contributed by atoms with van der Waals surface area (Å²) in [5.41, 5.74) is 1.26. The van der Waals surface area contributed by atoms with E-state index in [1.807, 2.05) is 19.1 Å². The van der Waals surface area contributed by atoms with Gasteiger partial charge in [-0.05, 0) is 50.6 Å². The lowest BCUT2D eigenvalue weighted by Gasteiger charge is -2.30. The highest BCUT2D eigenvalue weighted by atomic mass is 35.5. The Hall–Kier alpha value is -1.06. The van der Waals surface area contributed by atoms with Crippen LogP contribution >= 0.6 is 11.6 Å². The van der Waals surface area contributed by atoms with Gasteiger partial charge in [0, 0.05) is 11.6 Å². The number of halogens is 1. The van der Waals surface area contributed by atoms with E-state index < -0.39 is 0 Å². The third-order valence-electron chi connectivity index (χ3n) is 3.53. The maximum Gasteiger partial charge on any atom is 0.309 e. The molecule has 1 heterocycles. The van der Waals surface area contributed by atoms with Crippen molar-refractivity contribution in [1.29, 1.82) is 0 Å². The molecule has 0 atom stereocenters. The molecule has 1 aliphatic rings. The van der Waals surface area contributed by atoms with E-state index in [9.17, 15) is 4.79 Å². The van der Waals surface area contributed by atoms with Gasteiger partial charge in [0.2, 0.25) is 0 Å². The van der Waals surface area contributed by atoms with Crippen molar-refractivity contribution in [2.75, 3.05) is 19.7 Å². The van der Waals surface area contributed by atoms with Crippen LogP contribution in [0.1, 0.15) is 25.3 Å². The van der Waals surface area contributed by atoms with Gasteiger partial charge in [-0.1, -0.05) is 23.7 Å². The molecule has 0 amide bonds. The summed E-state index contributed by atoms with van der Waals surface area (Å²) in [6, 6.07) is 7.95. The molecule has 0 aromatic heterocycles. The summed E-state index contributed by atoms with van der Waals surface area (Å²) >= 11 is 5.87. The predicted octanol–water partition coefficient (Wildman–Crippen LogP) is 3.12. The molecule has 1 fully saturated rings. The highest BCUT2D eigenvalue weighted by Crippen LogP contribution is 2.20. The van der Waals surface area contributed by atoms with E-state index in [0.29, 0.717) is 6.61 Å². The predicted molar refractivity (Wildman–Crippen MR) is 76.1 cm³/mol. The van der Waals surface area contributed by atoms with Crippen molar-refractivity contribution in [3.05, 3.63) is 34.9 Å². The minimum atomic E-state index is -0.0337. The van der Waals surface area contributed by atoms with Crippen LogP contribution in [-0.4, -0.2) is 30.6 Å². The van der Waals surface area contributed by atoms with E-state index in [2.05, 4.69) is 17.0 Å². The first kappa shape index (κ1) is 14.4. The molecule has 0 bridgehead atoms. The number of hydrogen-bond acceptors (Lipinski definition) is 3. The minimum absolute atomic E-state index is 0.0337. The second-order valence-corrected chi connectivity index (χ2v) is 5.37. The summed E-state index contributed by atoms with van der Waals surface area (Å²) in [5.74, 6) is 0.0510. The van der Waals surface area contributed by atoms with Gasteiger partial charge < -0.3 is 4.74 Å². The molecule has 0 unspecified atom stereocenters. The van der Waals surface area contributed by atoms with E-state index in [0.717, 1.165) is 37.5 Å². The van der Waals surface area contributed by atoms with Crippen molar-refractivity contribution >= 4 is 17.6 Å². The Bertz CT molecular complexity index is 411. The lowest BCUT2D eigenvalue weighted by atomic mass is 9.96. The molecule has 19 heavy (non-hydrogen) atoms. The first-order valence-corrected chi connectivity index (χ1v) is 7.20. The van der Waals surface area contributed by atoms with Crippen LogP contribution in [0.2, 0.25) is 5.02 Å². The summed E-state index contributed by atoms with van der Waals surface area (Å²) in [6.45, 7) is 5.16. The van der Waals surface area contributed by atoms with Gasteiger partial charge in [0.1, 0.15) is 0 Å². The molecule has 1 saturated heterocycles. The van der Waals surface area contributed by atoms with Crippen LogP contribution in [0.5, 0.6) is 0 Å². The van der Waals surface area contributed by atoms with Gasteiger partial charge in [-0.25, -0.2) is 0 Å². The number of benzene rings is 1. The van der Waals surface area contributed by atoms with Gasteiger partial charge in [-0.3, -0.25) is 9.69 Å². The lowest BCUT2D eigenvalue weighted by molar-refractivity contribution is -0.149. The van der Waals surface area contributed by atoms with Crippen LogP contribution in [0.3, 0.4) is 0 Å². The molecule has 0 radical (unpaired) electrons. The molecule has 0 aliphatic carbocycles. The fraction of sp³-hybridized carbons (Fsp3) is 0.533. The van der Waals surface area contributed by atoms with E-state index in [1.165, 1.54) is 5.56 Å². The first-order valence-electron chi connectivity index (χ1n) is 6.82. The number of rotatable bonds is 4. The van der Waals surface area contributed by atoms with Crippen molar-refractivity contribution < 1.29 is 9.53 Å². The highest BCUT2D eigenvalue weighted by molar-refractivity contribution is 6.30. The highest BCUT2D eigenvalue weighted by Gasteiger charge is 2.25. The molecule has 3 nitrogen and oxygen atoms in total. The van der Waals surface area contributed by atoms with Crippen molar-refractivity contribution in [2.45, 2.75) is 26.3 Å². The number of hydrogen-bond donors (Lipinski definition) is 0. The van der Waals surface area contributed by atoms with Crippen molar-refractivity contribution in [1.82, 2.24) is 4.90 Å². The lowest BCUT2D eigenvalue weighted by Crippen LogP contribution is -2.36. The third-order valence-corrected chi connectivity index (χ3v) is 3.78. The summed E-state index contributed by atoms with van der Waals surface area (Å²) in [5, 5.41) is 0.768. The Labute approximate surface area is 119 Å². The fourth-order valence-corrected chi connectivity index (χ4v) is 2.56. The molecule has 2 rings (SSSR count). The SMILES string of the molecule is CCOC(=O)C1CCN(Cc2ccc(Cl)cc2)CC1. The molecule has 104 valence electrons. The van der Waals surface area contributed by atoms with E-state index in [4.69, 9.17) is 16.3 Å². The maximum absolute atomic E-state index is 11.6. The number of nitrogens with zero attached hydrogens (tertiary/aromatic N) is 1. The summed E-state index contributed by atoms with van der Waals surface area (Å²) < 4.78 is 5.08. The molecule has 4 heteroatoms. The Morgan fingerprint density at radius 1 is 1.32 bits per heavy atom. The Kier molecular flexibility index (Phi) is 5.23. The molecule has 1 aromatic rings. The summed E-state index contributed by atoms with van der Waals surface area (Å²) in [4.78, 5) is 14.0. The molecular weight excluding hydrogens is 262 g/mol. The third kappa shape index (κ3) is 4.22. The van der Waals surface area contributed by atoms with Gasteiger partial charge >= 0.3 is 5.97 Å². The van der Waals surface area contributed by atoms with Crippen LogP contribution < -0.4 is 0 Å². The van der Waals surface area contributed by atoms with Gasteiger partial charge in [-0.2, -0.15) is 0 Å². The number of piperidine rings is 1. The Morgan fingerprint density at radius 3 is 2.53 bits per heavy atom. The second-order valence-electron chi connectivity index (χ2n) is 4.93. The number of likely N-dealkylation sites (tertiary alicyclic amines) is 1. The zero-order valence-corrected chi connectivity index (χ0v) is 12.0. The quantitative estimate of drug-likeness (QED) is 0.794. The van der Waals surface area contributed by atoms with Gasteiger partial charge in [0.15, 0.2) is 0 Å². The van der Waals surface area contributed by atoms with E-state index in [1.54, 1.807) is 0 Å². The zero-order chi connectivity index (χ0) is 13.7. The van der Waals surface area contributed by atoms with Gasteiger partial charge in [-0.15, -0.1) is 0 Å². The zero-order valence-electron chi connectivity index (χ0n) is 11.3. The second kappa shape index (κ2) is 6.92. The Balaban J connectivity index is 1.80. The topological polar surface area (TPSA) is 29.5 Å². The van der Waals surface area contributed by atoms with Crippen LogP contribution in [0.25, 0.3) is 0 Å². The summed E-state index contributed by atoms with van der Waals surface area (Å²) in [6.07, 6.45) is 1.79. The van der Waals surface area contributed by atoms with Crippen LogP contribution in [0.15, 0.2) is 24.3 Å². The van der Waals surface area contributed by atoms with Crippen LogP contribution in [0.4, 0.5) is 0 Å². The number of esters is 1. The minimum Gasteiger partial charge on any atom is -0.466 e. The maximum atomic E-state index is 11.6. The molecule has 1 aromatic carbocycles.